The van der Waals surface area contributed by atoms with Crippen LogP contribution in [0.2, 0.25) is 0 Å². The number of nitrogens with zero attached hydrogens (tertiary/aromatic N) is 2. The third-order valence-electron chi connectivity index (χ3n) is 4.97. The number of rotatable bonds is 9. The zero-order valence-corrected chi connectivity index (χ0v) is 17.8. The SMILES string of the molecule is CCCCCC(NC(=O)Cn1c(-c2cccc(C)c2)n[nH]c1=S)c1ccccc1. The average Bonchev–Trinajstić information content (AvgIpc) is 3.08. The van der Waals surface area contributed by atoms with Crippen LogP contribution in [0.1, 0.15) is 49.8 Å². The lowest BCUT2D eigenvalue weighted by Crippen LogP contribution is -2.32. The first kappa shape index (κ1) is 21.0. The predicted molar refractivity (Wildman–Crippen MR) is 119 cm³/mol. The van der Waals surface area contributed by atoms with Gasteiger partial charge in [-0.15, -0.1) is 0 Å². The van der Waals surface area contributed by atoms with E-state index >= 15 is 0 Å². The molecule has 29 heavy (non-hydrogen) atoms. The van der Waals surface area contributed by atoms with Gasteiger partial charge < -0.3 is 5.32 Å². The highest BCUT2D eigenvalue weighted by molar-refractivity contribution is 7.71. The van der Waals surface area contributed by atoms with Crippen molar-refractivity contribution in [2.75, 3.05) is 0 Å². The largest absolute Gasteiger partial charge is 0.348 e. The number of hydrogen-bond donors (Lipinski definition) is 2. The van der Waals surface area contributed by atoms with Gasteiger partial charge in [-0.1, -0.05) is 80.3 Å². The summed E-state index contributed by atoms with van der Waals surface area (Å²) in [5.41, 5.74) is 3.20. The molecule has 1 heterocycles. The number of hydrogen-bond acceptors (Lipinski definition) is 3. The van der Waals surface area contributed by atoms with Gasteiger partial charge in [0, 0.05) is 5.56 Å². The Morgan fingerprint density at radius 1 is 1.17 bits per heavy atom. The standard InChI is InChI=1S/C23H28N4OS/c1-3-4-6-14-20(18-11-7-5-8-12-18)24-21(28)16-27-22(25-26-23(27)29)19-13-9-10-17(2)15-19/h5,7-13,15,20H,3-4,6,14,16H2,1-2H3,(H,24,28)(H,26,29). The van der Waals surface area contributed by atoms with Crippen molar-refractivity contribution in [3.8, 4) is 11.4 Å². The maximum absolute atomic E-state index is 12.9. The fraction of sp³-hybridized carbons (Fsp3) is 0.348. The van der Waals surface area contributed by atoms with Gasteiger partial charge in [-0.2, -0.15) is 5.10 Å². The number of aryl methyl sites for hydroxylation is 1. The molecule has 3 aromatic rings. The molecule has 0 aliphatic rings. The second kappa shape index (κ2) is 10.2. The van der Waals surface area contributed by atoms with Crippen LogP contribution in [0.25, 0.3) is 11.4 Å². The van der Waals surface area contributed by atoms with Crippen LogP contribution in [-0.4, -0.2) is 20.7 Å². The molecule has 3 rings (SSSR count). The molecule has 1 aromatic heterocycles. The van der Waals surface area contributed by atoms with Gasteiger partial charge in [0.1, 0.15) is 6.54 Å². The second-order valence-electron chi connectivity index (χ2n) is 7.33. The highest BCUT2D eigenvalue weighted by Crippen LogP contribution is 2.21. The highest BCUT2D eigenvalue weighted by Gasteiger charge is 2.17. The summed E-state index contributed by atoms with van der Waals surface area (Å²) in [6.07, 6.45) is 4.31. The van der Waals surface area contributed by atoms with Crippen LogP contribution in [-0.2, 0) is 11.3 Å². The Hall–Kier alpha value is -2.73. The molecular formula is C23H28N4OS. The molecule has 0 saturated heterocycles. The number of H-pyrrole nitrogens is 1. The zero-order valence-electron chi connectivity index (χ0n) is 17.0. The summed E-state index contributed by atoms with van der Waals surface area (Å²) in [6, 6.07) is 18.2. The summed E-state index contributed by atoms with van der Waals surface area (Å²) < 4.78 is 2.20. The Morgan fingerprint density at radius 3 is 2.69 bits per heavy atom. The predicted octanol–water partition coefficient (Wildman–Crippen LogP) is 5.35. The van der Waals surface area contributed by atoms with Gasteiger partial charge in [0.2, 0.25) is 5.91 Å². The number of aromatic nitrogens is 3. The van der Waals surface area contributed by atoms with Gasteiger partial charge in [-0.3, -0.25) is 14.5 Å². The highest BCUT2D eigenvalue weighted by atomic mass is 32.1. The molecule has 152 valence electrons. The van der Waals surface area contributed by atoms with Crippen molar-refractivity contribution in [1.82, 2.24) is 20.1 Å². The van der Waals surface area contributed by atoms with Crippen LogP contribution in [0.15, 0.2) is 54.6 Å². The van der Waals surface area contributed by atoms with E-state index in [0.29, 0.717) is 10.6 Å². The Bertz CT molecular complexity index is 993. The molecule has 5 nitrogen and oxygen atoms in total. The minimum absolute atomic E-state index is 0.00116. The molecule has 0 aliphatic carbocycles. The lowest BCUT2D eigenvalue weighted by atomic mass is 10.0. The third-order valence-corrected chi connectivity index (χ3v) is 5.28. The Balaban J connectivity index is 1.77. The molecule has 1 atom stereocenters. The minimum Gasteiger partial charge on any atom is -0.348 e. The fourth-order valence-corrected chi connectivity index (χ4v) is 3.66. The van der Waals surface area contributed by atoms with Crippen molar-refractivity contribution in [2.45, 2.75) is 52.1 Å². The van der Waals surface area contributed by atoms with Crippen LogP contribution in [0, 0.1) is 11.7 Å². The van der Waals surface area contributed by atoms with Crippen LogP contribution < -0.4 is 5.32 Å². The van der Waals surface area contributed by atoms with E-state index < -0.39 is 0 Å². The molecule has 6 heteroatoms. The van der Waals surface area contributed by atoms with Crippen molar-refractivity contribution >= 4 is 18.1 Å². The van der Waals surface area contributed by atoms with Crippen molar-refractivity contribution in [2.24, 2.45) is 0 Å². The number of aromatic amines is 1. The normalized spacial score (nSPS) is 11.9. The van der Waals surface area contributed by atoms with E-state index in [1.807, 2.05) is 49.4 Å². The Labute approximate surface area is 177 Å². The lowest BCUT2D eigenvalue weighted by molar-refractivity contribution is -0.122. The minimum atomic E-state index is -0.0678. The first-order valence-corrected chi connectivity index (χ1v) is 10.6. The number of nitrogens with one attached hydrogen (secondary N) is 2. The van der Waals surface area contributed by atoms with Crippen molar-refractivity contribution in [1.29, 1.82) is 0 Å². The molecule has 0 bridgehead atoms. The first-order chi connectivity index (χ1) is 14.1. The van der Waals surface area contributed by atoms with Crippen LogP contribution in [0.5, 0.6) is 0 Å². The molecule has 0 radical (unpaired) electrons. The van der Waals surface area contributed by atoms with Crippen LogP contribution in [0.3, 0.4) is 0 Å². The molecule has 0 fully saturated rings. The molecule has 0 spiro atoms. The van der Waals surface area contributed by atoms with E-state index in [-0.39, 0.29) is 18.5 Å². The molecule has 1 amide bonds. The summed E-state index contributed by atoms with van der Waals surface area (Å²) >= 11 is 5.38. The summed E-state index contributed by atoms with van der Waals surface area (Å²) in [5, 5.41) is 10.4. The van der Waals surface area contributed by atoms with Gasteiger partial charge in [0.05, 0.1) is 6.04 Å². The number of carbonyl (C=O) groups is 1. The van der Waals surface area contributed by atoms with Gasteiger partial charge in [-0.05, 0) is 37.2 Å². The monoisotopic (exact) mass is 408 g/mol. The molecule has 2 N–H and O–H groups in total. The van der Waals surface area contributed by atoms with Crippen molar-refractivity contribution in [3.63, 3.8) is 0 Å². The molecular weight excluding hydrogens is 380 g/mol. The molecule has 0 aliphatic heterocycles. The van der Waals surface area contributed by atoms with E-state index in [1.165, 1.54) is 0 Å². The van der Waals surface area contributed by atoms with Gasteiger partial charge >= 0.3 is 0 Å². The maximum atomic E-state index is 12.9. The quantitative estimate of drug-likeness (QED) is 0.370. The fourth-order valence-electron chi connectivity index (χ4n) is 3.46. The van der Waals surface area contributed by atoms with Gasteiger partial charge in [0.15, 0.2) is 10.6 Å². The zero-order chi connectivity index (χ0) is 20.6. The topological polar surface area (TPSA) is 62.7 Å². The maximum Gasteiger partial charge on any atom is 0.240 e. The smallest absolute Gasteiger partial charge is 0.240 e. The molecule has 1 unspecified atom stereocenters. The number of benzene rings is 2. The van der Waals surface area contributed by atoms with E-state index in [9.17, 15) is 4.79 Å². The third kappa shape index (κ3) is 5.64. The van der Waals surface area contributed by atoms with Crippen molar-refractivity contribution < 1.29 is 4.79 Å². The first-order valence-electron chi connectivity index (χ1n) is 10.1. The summed E-state index contributed by atoms with van der Waals surface area (Å²) in [6.45, 7) is 4.35. The van der Waals surface area contributed by atoms with Gasteiger partial charge in [0.25, 0.3) is 0 Å². The number of unbranched alkanes of at least 4 members (excludes halogenated alkanes) is 2. The summed E-state index contributed by atoms with van der Waals surface area (Å²) in [5.74, 6) is 0.609. The second-order valence-corrected chi connectivity index (χ2v) is 7.72. The average molecular weight is 409 g/mol. The summed E-state index contributed by atoms with van der Waals surface area (Å²) in [4.78, 5) is 12.9. The lowest BCUT2D eigenvalue weighted by Gasteiger charge is -2.20. The van der Waals surface area contributed by atoms with E-state index in [0.717, 1.165) is 42.4 Å². The van der Waals surface area contributed by atoms with E-state index in [1.54, 1.807) is 4.57 Å². The molecule has 0 saturated carbocycles. The van der Waals surface area contributed by atoms with E-state index in [4.69, 9.17) is 12.2 Å². The Kier molecular flexibility index (Phi) is 7.36. The van der Waals surface area contributed by atoms with E-state index in [2.05, 4.69) is 34.6 Å². The Morgan fingerprint density at radius 2 is 1.97 bits per heavy atom. The number of amides is 1. The molecule has 2 aromatic carbocycles. The van der Waals surface area contributed by atoms with Crippen molar-refractivity contribution in [3.05, 3.63) is 70.5 Å². The van der Waals surface area contributed by atoms with Gasteiger partial charge in [-0.25, -0.2) is 0 Å². The number of carbonyl (C=O) groups excluding carboxylic acids is 1. The van der Waals surface area contributed by atoms with Crippen LogP contribution >= 0.6 is 12.2 Å². The summed E-state index contributed by atoms with van der Waals surface area (Å²) in [7, 11) is 0. The van der Waals surface area contributed by atoms with Crippen LogP contribution in [0.4, 0.5) is 0 Å².